The summed E-state index contributed by atoms with van der Waals surface area (Å²) >= 11 is 0. The Morgan fingerprint density at radius 1 is 0.523 bits per heavy atom. The molecule has 19 nitrogen and oxygen atoms in total. The van der Waals surface area contributed by atoms with E-state index in [0.717, 1.165) is 0 Å². The molecular formula is C25H44O19. The van der Waals surface area contributed by atoms with Gasteiger partial charge in [0.2, 0.25) is 0 Å². The largest absolute Gasteiger partial charge is 0.394 e. The molecule has 4 saturated heterocycles. The first-order chi connectivity index (χ1) is 20.9. The van der Waals surface area contributed by atoms with Crippen molar-refractivity contribution < 1.29 is 94.1 Å². The highest BCUT2D eigenvalue weighted by atomic mass is 16.8. The average molecular weight is 649 g/mol. The van der Waals surface area contributed by atoms with E-state index < -0.39 is 137 Å². The fourth-order valence-electron chi connectivity index (χ4n) is 5.61. The Bertz CT molecular complexity index is 884. The van der Waals surface area contributed by atoms with Crippen LogP contribution in [0.4, 0.5) is 0 Å². The SMILES string of the molecule is CO[C@H]1CC(O)[C@H](O[C@@H]2OC(CO)[C@H](O)C(O[C@H]3OC(CO)[C@H](O)C(O)C3O)C2O[C@@H]2OC(C)[C@@H](O)C(O)C2O)C(CO)O1. The van der Waals surface area contributed by atoms with E-state index in [2.05, 4.69) is 0 Å². The first-order valence-electron chi connectivity index (χ1n) is 14.2. The molecule has 11 unspecified atom stereocenters. The molecule has 19 atom stereocenters. The van der Waals surface area contributed by atoms with Crippen LogP contribution in [0.5, 0.6) is 0 Å². The van der Waals surface area contributed by atoms with Crippen LogP contribution in [0.15, 0.2) is 0 Å². The van der Waals surface area contributed by atoms with Crippen molar-refractivity contribution >= 4 is 0 Å². The molecule has 4 aliphatic heterocycles. The van der Waals surface area contributed by atoms with Crippen molar-refractivity contribution in [3.63, 3.8) is 0 Å². The van der Waals surface area contributed by atoms with Crippen LogP contribution in [0.1, 0.15) is 13.3 Å². The highest BCUT2D eigenvalue weighted by molar-refractivity contribution is 4.97. The van der Waals surface area contributed by atoms with Crippen LogP contribution in [0, 0.1) is 0 Å². The predicted molar refractivity (Wildman–Crippen MR) is 136 cm³/mol. The van der Waals surface area contributed by atoms with E-state index in [1.54, 1.807) is 0 Å². The summed E-state index contributed by atoms with van der Waals surface area (Å²) in [6.45, 7) is -0.890. The molecule has 4 aliphatic rings. The van der Waals surface area contributed by atoms with Gasteiger partial charge >= 0.3 is 0 Å². The Labute approximate surface area is 251 Å². The first-order valence-corrected chi connectivity index (χ1v) is 14.2. The van der Waals surface area contributed by atoms with Crippen LogP contribution in [0.25, 0.3) is 0 Å². The lowest BCUT2D eigenvalue weighted by molar-refractivity contribution is -0.401. The molecule has 0 radical (unpaired) electrons. The summed E-state index contributed by atoms with van der Waals surface area (Å²) in [5, 5.41) is 114. The standard InChI is InChI=1S/C25H44O19/c1-7-13(30)16(33)18(35)23(38-7)44-22-21(43-24-19(36)17(34)14(31)9(4-26)40-24)15(32)10(5-27)41-25(22)42-20-8(29)3-12(37-2)39-11(20)6-28/h7-36H,3-6H2,1-2H3/t7?,8?,9?,10?,11?,12-,13-,14+,15+,16?,17?,18?,19?,20+,21?,22?,23+,24-,25+/m1/s1. The van der Waals surface area contributed by atoms with Gasteiger partial charge < -0.3 is 94.1 Å². The lowest BCUT2D eigenvalue weighted by atomic mass is 9.95. The van der Waals surface area contributed by atoms with E-state index in [1.807, 2.05) is 0 Å². The molecule has 0 amide bonds. The van der Waals surface area contributed by atoms with Gasteiger partial charge in [-0.3, -0.25) is 0 Å². The third-order valence-corrected chi connectivity index (χ3v) is 8.28. The molecule has 4 rings (SSSR count). The highest BCUT2D eigenvalue weighted by Crippen LogP contribution is 2.35. The molecule has 258 valence electrons. The summed E-state index contributed by atoms with van der Waals surface area (Å²) in [7, 11) is 1.33. The smallest absolute Gasteiger partial charge is 0.187 e. The Hall–Kier alpha value is -0.760. The van der Waals surface area contributed by atoms with E-state index >= 15 is 0 Å². The van der Waals surface area contributed by atoms with Gasteiger partial charge in [-0.15, -0.1) is 0 Å². The zero-order chi connectivity index (χ0) is 32.5. The van der Waals surface area contributed by atoms with Crippen molar-refractivity contribution in [1.29, 1.82) is 0 Å². The van der Waals surface area contributed by atoms with Crippen molar-refractivity contribution in [2.24, 2.45) is 0 Å². The van der Waals surface area contributed by atoms with E-state index in [0.29, 0.717) is 0 Å². The monoisotopic (exact) mass is 648 g/mol. The Kier molecular flexibility index (Phi) is 12.7. The molecule has 4 heterocycles. The third kappa shape index (κ3) is 7.36. The first kappa shape index (κ1) is 36.1. The molecule has 0 aliphatic carbocycles. The zero-order valence-corrected chi connectivity index (χ0v) is 24.0. The van der Waals surface area contributed by atoms with Gasteiger partial charge in [-0.05, 0) is 6.92 Å². The van der Waals surface area contributed by atoms with Crippen LogP contribution in [-0.4, -0.2) is 200 Å². The molecule has 0 aromatic heterocycles. The van der Waals surface area contributed by atoms with E-state index in [4.69, 9.17) is 37.9 Å². The normalized spacial score (nSPS) is 52.2. The quantitative estimate of drug-likeness (QED) is 0.105. The van der Waals surface area contributed by atoms with Gasteiger partial charge in [0.25, 0.3) is 0 Å². The number of hydrogen-bond donors (Lipinski definition) is 11. The van der Waals surface area contributed by atoms with Gasteiger partial charge in [0, 0.05) is 13.5 Å². The molecule has 0 bridgehead atoms. The lowest BCUT2D eigenvalue weighted by Gasteiger charge is -2.50. The molecule has 0 aromatic carbocycles. The van der Waals surface area contributed by atoms with Gasteiger partial charge in [-0.25, -0.2) is 0 Å². The molecular weight excluding hydrogens is 604 g/mol. The molecule has 0 aromatic rings. The van der Waals surface area contributed by atoms with Gasteiger partial charge in [0.15, 0.2) is 25.2 Å². The van der Waals surface area contributed by atoms with Crippen molar-refractivity contribution in [1.82, 2.24) is 0 Å². The molecule has 0 spiro atoms. The second-order valence-electron chi connectivity index (χ2n) is 11.2. The summed E-state index contributed by atoms with van der Waals surface area (Å²) in [5.74, 6) is 0. The summed E-state index contributed by atoms with van der Waals surface area (Å²) in [6, 6.07) is 0. The van der Waals surface area contributed by atoms with Crippen molar-refractivity contribution in [3.05, 3.63) is 0 Å². The molecule has 19 heteroatoms. The summed E-state index contributed by atoms with van der Waals surface area (Å²) < 4.78 is 45.1. The van der Waals surface area contributed by atoms with Crippen LogP contribution < -0.4 is 0 Å². The number of methoxy groups -OCH3 is 1. The maximum atomic E-state index is 11.2. The minimum atomic E-state index is -1.93. The number of aliphatic hydroxyl groups excluding tert-OH is 11. The summed E-state index contributed by atoms with van der Waals surface area (Å²) in [6.07, 6.45) is -29.9. The predicted octanol–water partition coefficient (Wildman–Crippen LogP) is -7.04. The maximum absolute atomic E-state index is 11.2. The van der Waals surface area contributed by atoms with Crippen LogP contribution in [-0.2, 0) is 37.9 Å². The van der Waals surface area contributed by atoms with Crippen molar-refractivity contribution in [2.45, 2.75) is 130 Å². The summed E-state index contributed by atoms with van der Waals surface area (Å²) in [5.41, 5.74) is 0. The average Bonchev–Trinajstić information content (AvgIpc) is 3.01. The van der Waals surface area contributed by atoms with Gasteiger partial charge in [-0.1, -0.05) is 0 Å². The fraction of sp³-hybridized carbons (Fsp3) is 1.00. The molecule has 11 N–H and O–H groups in total. The van der Waals surface area contributed by atoms with Crippen molar-refractivity contribution in [2.75, 3.05) is 26.9 Å². The van der Waals surface area contributed by atoms with E-state index in [-0.39, 0.29) is 6.42 Å². The third-order valence-electron chi connectivity index (χ3n) is 8.28. The second kappa shape index (κ2) is 15.4. The Morgan fingerprint density at radius 2 is 1.02 bits per heavy atom. The molecule has 44 heavy (non-hydrogen) atoms. The van der Waals surface area contributed by atoms with Gasteiger partial charge in [-0.2, -0.15) is 0 Å². The fourth-order valence-corrected chi connectivity index (χ4v) is 5.61. The number of ether oxygens (including phenoxy) is 8. The number of hydrogen-bond acceptors (Lipinski definition) is 19. The van der Waals surface area contributed by atoms with Crippen LogP contribution >= 0.6 is 0 Å². The number of rotatable bonds is 10. The maximum Gasteiger partial charge on any atom is 0.187 e. The molecule has 0 saturated carbocycles. The van der Waals surface area contributed by atoms with E-state index in [9.17, 15) is 56.2 Å². The minimum Gasteiger partial charge on any atom is -0.394 e. The van der Waals surface area contributed by atoms with Crippen molar-refractivity contribution in [3.8, 4) is 0 Å². The lowest BCUT2D eigenvalue weighted by Crippen LogP contribution is -2.68. The minimum absolute atomic E-state index is 0.0984. The van der Waals surface area contributed by atoms with Crippen LogP contribution in [0.3, 0.4) is 0 Å². The Balaban J connectivity index is 1.67. The zero-order valence-electron chi connectivity index (χ0n) is 24.0. The van der Waals surface area contributed by atoms with Crippen LogP contribution in [0.2, 0.25) is 0 Å². The summed E-state index contributed by atoms with van der Waals surface area (Å²) in [4.78, 5) is 0. The number of aliphatic hydroxyl groups is 11. The highest BCUT2D eigenvalue weighted by Gasteiger charge is 2.55. The van der Waals surface area contributed by atoms with Gasteiger partial charge in [0.1, 0.15) is 79.4 Å². The van der Waals surface area contributed by atoms with Gasteiger partial charge in [0.05, 0.1) is 32.0 Å². The topological polar surface area (TPSA) is 296 Å². The van der Waals surface area contributed by atoms with E-state index in [1.165, 1.54) is 14.0 Å². The molecule has 4 fully saturated rings. The second-order valence-corrected chi connectivity index (χ2v) is 11.2. The Morgan fingerprint density at radius 3 is 1.61 bits per heavy atom.